The maximum absolute atomic E-state index is 12.0. The number of methoxy groups -OCH3 is 1. The van der Waals surface area contributed by atoms with Gasteiger partial charge in [0.15, 0.2) is 0 Å². The van der Waals surface area contributed by atoms with Crippen LogP contribution in [0, 0.1) is 0 Å². The molecule has 1 N–H and O–H groups in total. The predicted octanol–water partition coefficient (Wildman–Crippen LogP) is 0.777. The summed E-state index contributed by atoms with van der Waals surface area (Å²) in [6.45, 7) is 2.17. The molecule has 0 fully saturated rings. The van der Waals surface area contributed by atoms with E-state index in [0.29, 0.717) is 13.0 Å². The molecule has 1 aromatic rings. The SMILES string of the molecule is CCC(COC)NS(=O)(=O)c1ncn(C)c1Cl. The van der Waals surface area contributed by atoms with E-state index in [-0.39, 0.29) is 16.2 Å². The van der Waals surface area contributed by atoms with Crippen molar-refractivity contribution in [2.75, 3.05) is 13.7 Å². The Morgan fingerprint density at radius 2 is 2.29 bits per heavy atom. The number of rotatable bonds is 6. The molecule has 6 nitrogen and oxygen atoms in total. The smallest absolute Gasteiger partial charge is 0.261 e. The fraction of sp³-hybridized carbons (Fsp3) is 0.667. The molecule has 0 aliphatic carbocycles. The first-order valence-corrected chi connectivity index (χ1v) is 6.96. The molecule has 1 unspecified atom stereocenters. The van der Waals surface area contributed by atoms with Gasteiger partial charge < -0.3 is 9.30 Å². The highest BCUT2D eigenvalue weighted by molar-refractivity contribution is 7.89. The van der Waals surface area contributed by atoms with Crippen molar-refractivity contribution >= 4 is 21.6 Å². The Balaban J connectivity index is 2.92. The van der Waals surface area contributed by atoms with Gasteiger partial charge in [-0.3, -0.25) is 0 Å². The molecule has 0 aliphatic rings. The van der Waals surface area contributed by atoms with Crippen LogP contribution in [0.3, 0.4) is 0 Å². The molecule has 0 saturated carbocycles. The van der Waals surface area contributed by atoms with E-state index >= 15 is 0 Å². The van der Waals surface area contributed by atoms with Crippen molar-refractivity contribution < 1.29 is 13.2 Å². The summed E-state index contributed by atoms with van der Waals surface area (Å²) < 4.78 is 32.8. The Morgan fingerprint density at radius 3 is 2.71 bits per heavy atom. The summed E-state index contributed by atoms with van der Waals surface area (Å²) >= 11 is 5.85. The van der Waals surface area contributed by atoms with E-state index in [9.17, 15) is 8.42 Å². The molecule has 0 bridgehead atoms. The molecule has 0 aromatic carbocycles. The summed E-state index contributed by atoms with van der Waals surface area (Å²) in [7, 11) is -0.553. The second-order valence-corrected chi connectivity index (χ2v) is 5.62. The van der Waals surface area contributed by atoms with Gasteiger partial charge >= 0.3 is 0 Å². The number of nitrogens with one attached hydrogen (secondary N) is 1. The number of nitrogens with zero attached hydrogens (tertiary/aromatic N) is 2. The Bertz CT molecular complexity index is 472. The highest BCUT2D eigenvalue weighted by atomic mass is 35.5. The van der Waals surface area contributed by atoms with Crippen molar-refractivity contribution in [3.63, 3.8) is 0 Å². The molecule has 1 heterocycles. The predicted molar refractivity (Wildman–Crippen MR) is 64.5 cm³/mol. The minimum atomic E-state index is -3.70. The van der Waals surface area contributed by atoms with Gasteiger partial charge in [0.05, 0.1) is 12.9 Å². The van der Waals surface area contributed by atoms with Crippen LogP contribution in [0.4, 0.5) is 0 Å². The number of imidazole rings is 1. The van der Waals surface area contributed by atoms with Crippen LogP contribution in [0.25, 0.3) is 0 Å². The normalized spacial score (nSPS) is 13.9. The average molecular weight is 282 g/mol. The molecular weight excluding hydrogens is 266 g/mol. The van der Waals surface area contributed by atoms with E-state index in [1.807, 2.05) is 6.92 Å². The second kappa shape index (κ2) is 5.81. The number of halogens is 1. The zero-order valence-corrected chi connectivity index (χ0v) is 11.5. The monoisotopic (exact) mass is 281 g/mol. The van der Waals surface area contributed by atoms with Crippen LogP contribution < -0.4 is 4.72 Å². The first-order valence-electron chi connectivity index (χ1n) is 5.10. The van der Waals surface area contributed by atoms with Gasteiger partial charge in [0.25, 0.3) is 10.0 Å². The third kappa shape index (κ3) is 3.41. The van der Waals surface area contributed by atoms with Gasteiger partial charge in [-0.25, -0.2) is 18.1 Å². The lowest BCUT2D eigenvalue weighted by molar-refractivity contribution is 0.173. The fourth-order valence-corrected chi connectivity index (χ4v) is 3.02. The molecular formula is C9H16ClN3O3S. The van der Waals surface area contributed by atoms with E-state index in [1.165, 1.54) is 18.0 Å². The Labute approximate surface area is 106 Å². The van der Waals surface area contributed by atoms with Crippen LogP contribution in [0.15, 0.2) is 11.4 Å². The third-order valence-corrected chi connectivity index (χ3v) is 4.28. The molecule has 0 aliphatic heterocycles. The van der Waals surface area contributed by atoms with Crippen LogP contribution in [0.1, 0.15) is 13.3 Å². The summed E-state index contributed by atoms with van der Waals surface area (Å²) in [4.78, 5) is 3.77. The van der Waals surface area contributed by atoms with Gasteiger partial charge in [0.1, 0.15) is 5.15 Å². The molecule has 0 saturated heterocycles. The second-order valence-electron chi connectivity index (χ2n) is 3.63. The van der Waals surface area contributed by atoms with Crippen LogP contribution in [-0.2, 0) is 21.8 Å². The number of hydrogen-bond donors (Lipinski definition) is 1. The number of hydrogen-bond acceptors (Lipinski definition) is 4. The molecule has 0 amide bonds. The summed E-state index contributed by atoms with van der Waals surface area (Å²) in [5.74, 6) is 0. The fourth-order valence-electron chi connectivity index (χ4n) is 1.29. The molecule has 98 valence electrons. The lowest BCUT2D eigenvalue weighted by Crippen LogP contribution is -2.37. The van der Waals surface area contributed by atoms with Crippen molar-refractivity contribution in [1.29, 1.82) is 0 Å². The van der Waals surface area contributed by atoms with E-state index in [2.05, 4.69) is 9.71 Å². The number of ether oxygens (including phenoxy) is 1. The molecule has 0 spiro atoms. The minimum Gasteiger partial charge on any atom is -0.383 e. The number of aromatic nitrogens is 2. The van der Waals surface area contributed by atoms with Crippen LogP contribution in [0.2, 0.25) is 5.15 Å². The van der Waals surface area contributed by atoms with Crippen molar-refractivity contribution in [1.82, 2.24) is 14.3 Å². The van der Waals surface area contributed by atoms with Crippen LogP contribution >= 0.6 is 11.6 Å². The molecule has 8 heteroatoms. The van der Waals surface area contributed by atoms with Gasteiger partial charge in [-0.05, 0) is 6.42 Å². The zero-order valence-electron chi connectivity index (χ0n) is 9.97. The van der Waals surface area contributed by atoms with E-state index < -0.39 is 10.0 Å². The van der Waals surface area contributed by atoms with Crippen molar-refractivity contribution in [2.45, 2.75) is 24.4 Å². The maximum Gasteiger partial charge on any atom is 0.261 e. The van der Waals surface area contributed by atoms with E-state index in [0.717, 1.165) is 0 Å². The maximum atomic E-state index is 12.0. The van der Waals surface area contributed by atoms with Gasteiger partial charge in [0, 0.05) is 20.2 Å². The Morgan fingerprint density at radius 1 is 1.65 bits per heavy atom. The summed E-state index contributed by atoms with van der Waals surface area (Å²) in [6, 6.07) is -0.289. The third-order valence-electron chi connectivity index (χ3n) is 2.27. The summed E-state index contributed by atoms with van der Waals surface area (Å²) in [5.41, 5.74) is 0. The Hall–Kier alpha value is -0.630. The highest BCUT2D eigenvalue weighted by Crippen LogP contribution is 2.18. The number of aryl methyl sites for hydroxylation is 1. The first kappa shape index (κ1) is 14.4. The quantitative estimate of drug-likeness (QED) is 0.836. The lowest BCUT2D eigenvalue weighted by Gasteiger charge is -2.15. The average Bonchev–Trinajstić information content (AvgIpc) is 2.59. The molecule has 1 rings (SSSR count). The molecule has 1 aromatic heterocycles. The van der Waals surface area contributed by atoms with Crippen molar-refractivity contribution in [3.05, 3.63) is 11.5 Å². The molecule has 0 radical (unpaired) electrons. The van der Waals surface area contributed by atoms with Gasteiger partial charge in [-0.1, -0.05) is 18.5 Å². The Kier molecular flexibility index (Phi) is 4.93. The highest BCUT2D eigenvalue weighted by Gasteiger charge is 2.24. The topological polar surface area (TPSA) is 73.2 Å². The van der Waals surface area contributed by atoms with Crippen LogP contribution in [-0.4, -0.2) is 37.7 Å². The summed E-state index contributed by atoms with van der Waals surface area (Å²) in [5, 5.41) is -0.0685. The van der Waals surface area contributed by atoms with E-state index in [4.69, 9.17) is 16.3 Å². The number of sulfonamides is 1. The summed E-state index contributed by atoms with van der Waals surface area (Å²) in [6.07, 6.45) is 1.98. The van der Waals surface area contributed by atoms with Crippen molar-refractivity contribution in [2.24, 2.45) is 7.05 Å². The van der Waals surface area contributed by atoms with Gasteiger partial charge in [-0.2, -0.15) is 0 Å². The van der Waals surface area contributed by atoms with Crippen molar-refractivity contribution in [3.8, 4) is 0 Å². The largest absolute Gasteiger partial charge is 0.383 e. The molecule has 1 atom stereocenters. The molecule has 17 heavy (non-hydrogen) atoms. The van der Waals surface area contributed by atoms with Crippen LogP contribution in [0.5, 0.6) is 0 Å². The standard InChI is InChI=1S/C9H16ClN3O3S/c1-4-7(5-16-3)12-17(14,15)9-8(10)13(2)6-11-9/h6-7,12H,4-5H2,1-3H3. The zero-order chi connectivity index (χ0) is 13.1. The first-order chi connectivity index (χ1) is 7.92. The van der Waals surface area contributed by atoms with E-state index in [1.54, 1.807) is 7.05 Å². The lowest BCUT2D eigenvalue weighted by atomic mass is 10.3. The van der Waals surface area contributed by atoms with Gasteiger partial charge in [0.2, 0.25) is 5.03 Å². The van der Waals surface area contributed by atoms with Gasteiger partial charge in [-0.15, -0.1) is 0 Å². The minimum absolute atomic E-state index is 0.0877.